The summed E-state index contributed by atoms with van der Waals surface area (Å²) in [5, 5.41) is -0.685. The van der Waals surface area contributed by atoms with E-state index in [1.165, 1.54) is 0 Å². The van der Waals surface area contributed by atoms with Crippen molar-refractivity contribution in [3.05, 3.63) is 0 Å². The lowest BCUT2D eigenvalue weighted by Gasteiger charge is -2.29. The molecule has 0 aliphatic carbocycles. The monoisotopic (exact) mass is 392 g/mol. The molecular weight excluding hydrogens is 364 g/mol. The Balaban J connectivity index is 2.32. The number of thioether (sulfide) groups is 1. The number of nitrogens with two attached hydrogens (primary N) is 1. The molecule has 0 aromatic carbocycles. The molecule has 0 amide bonds. The molecule has 1 atom stereocenters. The van der Waals surface area contributed by atoms with Gasteiger partial charge in [0.05, 0.1) is 13.2 Å². The van der Waals surface area contributed by atoms with Crippen LogP contribution < -0.4 is 5.73 Å². The highest BCUT2D eigenvalue weighted by Crippen LogP contribution is 2.29. The fourth-order valence-electron chi connectivity index (χ4n) is 2.03. The molecule has 0 bridgehead atoms. The van der Waals surface area contributed by atoms with Crippen LogP contribution in [-0.4, -0.2) is 79.2 Å². The Labute approximate surface area is 157 Å². The summed E-state index contributed by atoms with van der Waals surface area (Å²) in [7, 11) is 0. The van der Waals surface area contributed by atoms with E-state index in [9.17, 15) is 14.4 Å². The average molecular weight is 392 g/mol. The van der Waals surface area contributed by atoms with E-state index < -0.39 is 34.8 Å². The molecule has 1 fully saturated rings. The van der Waals surface area contributed by atoms with E-state index in [1.54, 1.807) is 20.8 Å². The van der Waals surface area contributed by atoms with Crippen LogP contribution in [0.4, 0.5) is 4.79 Å². The van der Waals surface area contributed by atoms with Crippen molar-refractivity contribution in [3.63, 3.8) is 0 Å². The van der Waals surface area contributed by atoms with Crippen LogP contribution in [0, 0.1) is 0 Å². The van der Waals surface area contributed by atoms with Crippen molar-refractivity contribution in [1.29, 1.82) is 0 Å². The third kappa shape index (κ3) is 8.35. The van der Waals surface area contributed by atoms with Gasteiger partial charge in [-0.25, -0.2) is 4.79 Å². The molecule has 1 aliphatic rings. The molecule has 0 aromatic heterocycles. The van der Waals surface area contributed by atoms with Crippen molar-refractivity contribution >= 4 is 29.0 Å². The van der Waals surface area contributed by atoms with Crippen LogP contribution in [0.1, 0.15) is 27.2 Å². The molecule has 150 valence electrons. The van der Waals surface area contributed by atoms with Gasteiger partial charge in [0.25, 0.3) is 0 Å². The minimum Gasteiger partial charge on any atom is -0.463 e. The van der Waals surface area contributed by atoms with Crippen LogP contribution in [0.3, 0.4) is 0 Å². The second-order valence-electron chi connectivity index (χ2n) is 6.19. The maximum atomic E-state index is 12.1. The Morgan fingerprint density at radius 1 is 1.19 bits per heavy atom. The van der Waals surface area contributed by atoms with Crippen molar-refractivity contribution in [3.8, 4) is 0 Å². The fourth-order valence-corrected chi connectivity index (χ4v) is 2.79. The molecule has 1 saturated heterocycles. The maximum absolute atomic E-state index is 12.1. The second-order valence-corrected chi connectivity index (χ2v) is 7.78. The van der Waals surface area contributed by atoms with Gasteiger partial charge in [-0.05, 0) is 25.6 Å². The lowest BCUT2D eigenvalue weighted by Crippen LogP contribution is -2.49. The molecule has 0 spiro atoms. The van der Waals surface area contributed by atoms with Gasteiger partial charge in [0.2, 0.25) is 6.79 Å². The lowest BCUT2D eigenvalue weighted by atomic mass is 10.1. The number of rotatable bonds is 9. The Hall–Kier alpha value is -1.36. The predicted molar refractivity (Wildman–Crippen MR) is 95.6 cm³/mol. The molecular formula is C16H28N2O7S. The highest BCUT2D eigenvalue weighted by molar-refractivity contribution is 8.14. The number of ether oxygens (including phenoxy) is 4. The zero-order valence-corrected chi connectivity index (χ0v) is 16.3. The average Bonchev–Trinajstić information content (AvgIpc) is 2.61. The van der Waals surface area contributed by atoms with E-state index in [4.69, 9.17) is 19.9 Å². The smallest absolute Gasteiger partial charge is 0.370 e. The van der Waals surface area contributed by atoms with E-state index in [2.05, 4.69) is 9.64 Å². The summed E-state index contributed by atoms with van der Waals surface area (Å²) in [5.74, 6) is -1.05. The first-order valence-electron chi connectivity index (χ1n) is 8.50. The molecule has 0 saturated carbocycles. The number of carbonyl (C=O) groups is 3. The molecule has 9 nitrogen and oxygen atoms in total. The number of carbonyl (C=O) groups excluding carboxylic acids is 3. The number of esters is 2. The molecule has 0 radical (unpaired) electrons. The summed E-state index contributed by atoms with van der Waals surface area (Å²) < 4.78 is 19.0. The fraction of sp³-hybridized carbons (Fsp3) is 0.812. The second kappa shape index (κ2) is 11.4. The number of nitrogens with zero attached hydrogens (tertiary/aromatic N) is 1. The summed E-state index contributed by atoms with van der Waals surface area (Å²) in [6.07, 6.45) is 0.192. The quantitative estimate of drug-likeness (QED) is 0.445. The van der Waals surface area contributed by atoms with E-state index in [1.807, 2.05) is 0 Å². The van der Waals surface area contributed by atoms with Crippen LogP contribution in [0.15, 0.2) is 0 Å². The van der Waals surface area contributed by atoms with Gasteiger partial charge in [-0.1, -0.05) is 6.92 Å². The van der Waals surface area contributed by atoms with Crippen molar-refractivity contribution in [2.75, 3.05) is 46.2 Å². The highest BCUT2D eigenvalue weighted by Gasteiger charge is 2.37. The van der Waals surface area contributed by atoms with E-state index in [0.29, 0.717) is 19.8 Å². The minimum atomic E-state index is -1.01. The normalized spacial score (nSPS) is 16.6. The SMILES string of the molecule is CCC(=O)OCOC(=O)SC(C)(C)[C@@H](N)C(=O)OCCN1CCOCC1. The topological polar surface area (TPSA) is 117 Å². The summed E-state index contributed by atoms with van der Waals surface area (Å²) in [5.41, 5.74) is 5.94. The van der Waals surface area contributed by atoms with Gasteiger partial charge in [0.1, 0.15) is 12.6 Å². The van der Waals surface area contributed by atoms with Gasteiger partial charge in [0.15, 0.2) is 0 Å². The summed E-state index contributed by atoms with van der Waals surface area (Å²) in [6.45, 7) is 8.25. The molecule has 1 aliphatic heterocycles. The molecule has 26 heavy (non-hydrogen) atoms. The zero-order chi connectivity index (χ0) is 19.6. The van der Waals surface area contributed by atoms with Crippen molar-refractivity contribution in [1.82, 2.24) is 4.90 Å². The van der Waals surface area contributed by atoms with Gasteiger partial charge in [0, 0.05) is 30.8 Å². The van der Waals surface area contributed by atoms with E-state index >= 15 is 0 Å². The van der Waals surface area contributed by atoms with E-state index in [-0.39, 0.29) is 13.0 Å². The van der Waals surface area contributed by atoms with Crippen molar-refractivity contribution < 1.29 is 33.3 Å². The number of morpholine rings is 1. The summed E-state index contributed by atoms with van der Waals surface area (Å²) in [6, 6.07) is -1.01. The Bertz CT molecular complexity index is 481. The maximum Gasteiger partial charge on any atom is 0.370 e. The van der Waals surface area contributed by atoms with Gasteiger partial charge in [-0.2, -0.15) is 0 Å². The van der Waals surface area contributed by atoms with E-state index in [0.717, 1.165) is 24.9 Å². The molecule has 1 heterocycles. The number of hydrogen-bond donors (Lipinski definition) is 1. The largest absolute Gasteiger partial charge is 0.463 e. The standard InChI is InChI=1S/C16H28N2O7S/c1-4-12(19)24-11-25-15(21)26-16(2,3)13(17)14(20)23-10-7-18-5-8-22-9-6-18/h13H,4-11,17H2,1-3H3/t13-/m0/s1. The van der Waals surface area contributed by atoms with Gasteiger partial charge in [-0.15, -0.1) is 0 Å². The molecule has 1 rings (SSSR count). The predicted octanol–water partition coefficient (Wildman–Crippen LogP) is 0.748. The molecule has 0 unspecified atom stereocenters. The molecule has 0 aromatic rings. The molecule has 10 heteroatoms. The summed E-state index contributed by atoms with van der Waals surface area (Å²) in [4.78, 5) is 37.0. The van der Waals surface area contributed by atoms with Gasteiger partial charge >= 0.3 is 17.2 Å². The third-order valence-electron chi connectivity index (χ3n) is 3.79. The van der Waals surface area contributed by atoms with Crippen LogP contribution in [-0.2, 0) is 28.5 Å². The summed E-state index contributed by atoms with van der Waals surface area (Å²) >= 11 is 0.754. The highest BCUT2D eigenvalue weighted by atomic mass is 32.2. The van der Waals surface area contributed by atoms with Crippen LogP contribution in [0.5, 0.6) is 0 Å². The third-order valence-corrected chi connectivity index (χ3v) is 4.85. The Kier molecular flexibility index (Phi) is 9.92. The molecule has 2 N–H and O–H groups in total. The number of hydrogen-bond acceptors (Lipinski definition) is 10. The van der Waals surface area contributed by atoms with Crippen molar-refractivity contribution in [2.24, 2.45) is 5.73 Å². The first-order valence-corrected chi connectivity index (χ1v) is 9.31. The van der Waals surface area contributed by atoms with Gasteiger partial charge in [-0.3, -0.25) is 14.5 Å². The van der Waals surface area contributed by atoms with Gasteiger partial charge < -0.3 is 24.7 Å². The Morgan fingerprint density at radius 2 is 1.85 bits per heavy atom. The van der Waals surface area contributed by atoms with Crippen LogP contribution in [0.2, 0.25) is 0 Å². The van der Waals surface area contributed by atoms with Crippen LogP contribution in [0.25, 0.3) is 0 Å². The lowest BCUT2D eigenvalue weighted by molar-refractivity contribution is -0.151. The Morgan fingerprint density at radius 3 is 2.46 bits per heavy atom. The van der Waals surface area contributed by atoms with Crippen LogP contribution >= 0.6 is 11.8 Å². The van der Waals surface area contributed by atoms with Crippen molar-refractivity contribution in [2.45, 2.75) is 38.0 Å². The first kappa shape index (κ1) is 22.7. The minimum absolute atomic E-state index is 0.192. The zero-order valence-electron chi connectivity index (χ0n) is 15.5. The first-order chi connectivity index (χ1) is 12.3.